The lowest BCUT2D eigenvalue weighted by molar-refractivity contribution is 0.0635. The van der Waals surface area contributed by atoms with Crippen molar-refractivity contribution in [1.29, 1.82) is 0 Å². The third kappa shape index (κ3) is 6.36. The summed E-state index contributed by atoms with van der Waals surface area (Å²) in [6.07, 6.45) is -0.186. The molecule has 0 saturated heterocycles. The quantitative estimate of drug-likeness (QED) is 0.868. The van der Waals surface area contributed by atoms with E-state index in [0.29, 0.717) is 23.6 Å². The SMILES string of the molecule is COc1cc(CC(C)(C)O)cc(NC(=O)OC(C)(C)C)c1OC. The summed E-state index contributed by atoms with van der Waals surface area (Å²) in [5, 5.41) is 12.7. The fourth-order valence-corrected chi connectivity index (χ4v) is 2.13. The molecule has 23 heavy (non-hydrogen) atoms. The lowest BCUT2D eigenvalue weighted by atomic mass is 9.98. The molecule has 0 unspecified atom stereocenters. The second-order valence-electron chi connectivity index (χ2n) is 6.99. The highest BCUT2D eigenvalue weighted by Gasteiger charge is 2.21. The van der Waals surface area contributed by atoms with E-state index in [-0.39, 0.29) is 0 Å². The summed E-state index contributed by atoms with van der Waals surface area (Å²) in [4.78, 5) is 12.0. The van der Waals surface area contributed by atoms with Crippen LogP contribution >= 0.6 is 0 Å². The molecule has 0 fully saturated rings. The van der Waals surface area contributed by atoms with Crippen LogP contribution in [0.15, 0.2) is 12.1 Å². The maximum absolute atomic E-state index is 12.0. The summed E-state index contributed by atoms with van der Waals surface area (Å²) in [6.45, 7) is 8.79. The largest absolute Gasteiger partial charge is 0.493 e. The van der Waals surface area contributed by atoms with Crippen LogP contribution in [0.2, 0.25) is 0 Å². The first-order chi connectivity index (χ1) is 10.4. The standard InChI is InChI=1S/C17H27NO5/c1-16(2,3)23-15(19)18-12-8-11(10-17(4,5)20)9-13(21-6)14(12)22-7/h8-9,20H,10H2,1-7H3,(H,18,19). The van der Waals surface area contributed by atoms with E-state index in [4.69, 9.17) is 14.2 Å². The van der Waals surface area contributed by atoms with Gasteiger partial charge < -0.3 is 19.3 Å². The molecule has 0 aliphatic rings. The van der Waals surface area contributed by atoms with Gasteiger partial charge in [0.05, 0.1) is 25.5 Å². The predicted molar refractivity (Wildman–Crippen MR) is 89.4 cm³/mol. The molecule has 6 heteroatoms. The van der Waals surface area contributed by atoms with Crippen LogP contribution in [0, 0.1) is 0 Å². The molecule has 0 aromatic heterocycles. The fraction of sp³-hybridized carbons (Fsp3) is 0.588. The van der Waals surface area contributed by atoms with E-state index in [9.17, 15) is 9.90 Å². The number of carbonyl (C=O) groups is 1. The zero-order valence-electron chi connectivity index (χ0n) is 14.9. The van der Waals surface area contributed by atoms with E-state index in [1.807, 2.05) is 0 Å². The highest BCUT2D eigenvalue weighted by atomic mass is 16.6. The van der Waals surface area contributed by atoms with Gasteiger partial charge in [-0.25, -0.2) is 4.79 Å². The number of ether oxygens (including phenoxy) is 3. The number of aliphatic hydroxyl groups is 1. The van der Waals surface area contributed by atoms with Gasteiger partial charge in [0.25, 0.3) is 0 Å². The number of anilines is 1. The average Bonchev–Trinajstić information content (AvgIpc) is 2.33. The van der Waals surface area contributed by atoms with Gasteiger partial charge in [-0.2, -0.15) is 0 Å². The van der Waals surface area contributed by atoms with Crippen molar-refractivity contribution in [1.82, 2.24) is 0 Å². The second kappa shape index (κ2) is 7.08. The Labute approximate surface area is 137 Å². The van der Waals surface area contributed by atoms with E-state index in [1.165, 1.54) is 14.2 Å². The number of hydrogen-bond acceptors (Lipinski definition) is 5. The Kier molecular flexibility index (Phi) is 5.88. The van der Waals surface area contributed by atoms with Crippen LogP contribution in [-0.4, -0.2) is 36.6 Å². The molecule has 130 valence electrons. The Morgan fingerprint density at radius 3 is 2.17 bits per heavy atom. The predicted octanol–water partition coefficient (Wildman–Crippen LogP) is 3.36. The first-order valence-corrected chi connectivity index (χ1v) is 7.42. The smallest absolute Gasteiger partial charge is 0.412 e. The first kappa shape index (κ1) is 19.1. The summed E-state index contributed by atoms with van der Waals surface area (Å²) in [5.41, 5.74) is -0.254. The number of carbonyl (C=O) groups excluding carboxylic acids is 1. The Morgan fingerprint density at radius 1 is 1.13 bits per heavy atom. The maximum atomic E-state index is 12.0. The summed E-state index contributed by atoms with van der Waals surface area (Å²) >= 11 is 0. The monoisotopic (exact) mass is 325 g/mol. The van der Waals surface area contributed by atoms with Crippen LogP contribution in [0.25, 0.3) is 0 Å². The molecule has 2 N–H and O–H groups in total. The number of benzene rings is 1. The van der Waals surface area contributed by atoms with Crippen molar-refractivity contribution < 1.29 is 24.1 Å². The third-order valence-electron chi connectivity index (χ3n) is 2.81. The van der Waals surface area contributed by atoms with Gasteiger partial charge in [-0.15, -0.1) is 0 Å². The van der Waals surface area contributed by atoms with Crippen molar-refractivity contribution in [2.24, 2.45) is 0 Å². The highest BCUT2D eigenvalue weighted by molar-refractivity contribution is 5.88. The van der Waals surface area contributed by atoms with Gasteiger partial charge in [-0.3, -0.25) is 5.32 Å². The van der Waals surface area contributed by atoms with Crippen molar-refractivity contribution in [3.8, 4) is 11.5 Å². The first-order valence-electron chi connectivity index (χ1n) is 7.42. The minimum absolute atomic E-state index is 0.399. The fourth-order valence-electron chi connectivity index (χ4n) is 2.13. The zero-order valence-corrected chi connectivity index (χ0v) is 14.9. The Balaban J connectivity index is 3.16. The molecule has 1 amide bonds. The second-order valence-corrected chi connectivity index (χ2v) is 6.99. The topological polar surface area (TPSA) is 77.0 Å². The molecular formula is C17H27NO5. The number of nitrogens with one attached hydrogen (secondary N) is 1. The molecule has 1 rings (SSSR count). The minimum atomic E-state index is -0.886. The lowest BCUT2D eigenvalue weighted by Crippen LogP contribution is -2.27. The zero-order chi connectivity index (χ0) is 17.8. The number of rotatable bonds is 5. The molecule has 1 aromatic carbocycles. The van der Waals surface area contributed by atoms with Gasteiger partial charge in [-0.1, -0.05) is 0 Å². The number of methoxy groups -OCH3 is 2. The molecule has 0 atom stereocenters. The maximum Gasteiger partial charge on any atom is 0.412 e. The van der Waals surface area contributed by atoms with Crippen LogP contribution in [0.5, 0.6) is 11.5 Å². The Bertz CT molecular complexity index is 555. The van der Waals surface area contributed by atoms with Crippen molar-refractivity contribution in [2.75, 3.05) is 19.5 Å². The normalized spacial score (nSPS) is 11.8. The van der Waals surface area contributed by atoms with Crippen LogP contribution in [0.4, 0.5) is 10.5 Å². The summed E-state index contributed by atoms with van der Waals surface area (Å²) in [5.74, 6) is 0.873. The van der Waals surface area contributed by atoms with E-state index in [1.54, 1.807) is 46.8 Å². The van der Waals surface area contributed by atoms with Crippen LogP contribution < -0.4 is 14.8 Å². The Hall–Kier alpha value is -1.95. The minimum Gasteiger partial charge on any atom is -0.493 e. The third-order valence-corrected chi connectivity index (χ3v) is 2.81. The van der Waals surface area contributed by atoms with Crippen molar-refractivity contribution in [3.63, 3.8) is 0 Å². The van der Waals surface area contributed by atoms with Crippen LogP contribution in [-0.2, 0) is 11.2 Å². The summed E-state index contributed by atoms with van der Waals surface area (Å²) in [7, 11) is 3.01. The van der Waals surface area contributed by atoms with Gasteiger partial charge in [0.15, 0.2) is 11.5 Å². The molecule has 0 aliphatic heterocycles. The van der Waals surface area contributed by atoms with Gasteiger partial charge in [0.1, 0.15) is 5.60 Å². The molecule has 6 nitrogen and oxygen atoms in total. The van der Waals surface area contributed by atoms with Gasteiger partial charge in [0, 0.05) is 6.42 Å². The van der Waals surface area contributed by atoms with Crippen molar-refractivity contribution in [3.05, 3.63) is 17.7 Å². The molecule has 0 aliphatic carbocycles. The summed E-state index contributed by atoms with van der Waals surface area (Å²) in [6, 6.07) is 3.51. The van der Waals surface area contributed by atoms with Gasteiger partial charge in [-0.05, 0) is 52.3 Å². The molecular weight excluding hydrogens is 298 g/mol. The van der Waals surface area contributed by atoms with E-state index >= 15 is 0 Å². The molecule has 1 aromatic rings. The van der Waals surface area contributed by atoms with Crippen molar-refractivity contribution >= 4 is 11.8 Å². The summed E-state index contributed by atoms with van der Waals surface area (Å²) < 4.78 is 15.9. The molecule has 0 bridgehead atoms. The number of hydrogen-bond donors (Lipinski definition) is 2. The van der Waals surface area contributed by atoms with Gasteiger partial charge in [0.2, 0.25) is 0 Å². The molecule has 0 radical (unpaired) electrons. The highest BCUT2D eigenvalue weighted by Crippen LogP contribution is 2.37. The molecule has 0 heterocycles. The van der Waals surface area contributed by atoms with E-state index in [2.05, 4.69) is 5.32 Å². The van der Waals surface area contributed by atoms with E-state index in [0.717, 1.165) is 5.56 Å². The molecule has 0 saturated carbocycles. The van der Waals surface area contributed by atoms with E-state index < -0.39 is 17.3 Å². The number of amides is 1. The van der Waals surface area contributed by atoms with Crippen LogP contribution in [0.1, 0.15) is 40.2 Å². The molecule has 0 spiro atoms. The lowest BCUT2D eigenvalue weighted by Gasteiger charge is -2.22. The Morgan fingerprint density at radius 2 is 1.74 bits per heavy atom. The average molecular weight is 325 g/mol. The van der Waals surface area contributed by atoms with Crippen molar-refractivity contribution in [2.45, 2.75) is 52.2 Å². The van der Waals surface area contributed by atoms with Crippen LogP contribution in [0.3, 0.4) is 0 Å². The van der Waals surface area contributed by atoms with Gasteiger partial charge >= 0.3 is 6.09 Å².